The third kappa shape index (κ3) is 2.18. The van der Waals surface area contributed by atoms with Gasteiger partial charge in [-0.15, -0.1) is 0 Å². The third-order valence-electron chi connectivity index (χ3n) is 3.19. The summed E-state index contributed by atoms with van der Waals surface area (Å²) < 4.78 is 0. The molecule has 0 N–H and O–H groups in total. The maximum absolute atomic E-state index is 2.38. The van der Waals surface area contributed by atoms with Crippen molar-refractivity contribution in [3.63, 3.8) is 0 Å². The van der Waals surface area contributed by atoms with Crippen molar-refractivity contribution in [3.05, 3.63) is 78.4 Å². The van der Waals surface area contributed by atoms with E-state index in [1.807, 2.05) is 0 Å². The quantitative estimate of drug-likeness (QED) is 0.545. The summed E-state index contributed by atoms with van der Waals surface area (Å²) in [6.07, 6.45) is 5.95. The summed E-state index contributed by atoms with van der Waals surface area (Å²) in [5, 5.41) is 1.52. The predicted molar refractivity (Wildman–Crippen MR) is 76.2 cm³/mol. The third-order valence-corrected chi connectivity index (χ3v) is 5.89. The van der Waals surface area contributed by atoms with Gasteiger partial charge in [0.1, 0.15) is 0 Å². The highest BCUT2D eigenvalue weighted by molar-refractivity contribution is 7.66. The fourth-order valence-corrected chi connectivity index (χ4v) is 4.87. The van der Waals surface area contributed by atoms with E-state index in [0.717, 1.165) is 0 Å². The molecule has 0 amide bonds. The number of hydrogen-bond acceptors (Lipinski definition) is 0. The molecule has 0 saturated heterocycles. The van der Waals surface area contributed by atoms with Crippen LogP contribution in [-0.4, -0.2) is 6.16 Å². The Morgan fingerprint density at radius 3 is 2.18 bits per heavy atom. The molecular formula is C16H15P. The summed E-state index contributed by atoms with van der Waals surface area (Å²) in [7, 11) is -0.0910. The van der Waals surface area contributed by atoms with E-state index in [1.54, 1.807) is 0 Å². The topological polar surface area (TPSA) is 0 Å². The second-order valence-corrected chi connectivity index (χ2v) is 6.65. The zero-order valence-electron chi connectivity index (χ0n) is 9.66. The fourth-order valence-electron chi connectivity index (χ4n) is 2.35. The molecule has 0 nitrogen and oxygen atoms in total. The highest BCUT2D eigenvalue weighted by atomic mass is 31.1. The highest BCUT2D eigenvalue weighted by Gasteiger charge is 2.24. The van der Waals surface area contributed by atoms with Crippen LogP contribution in [0.3, 0.4) is 0 Å². The first kappa shape index (κ1) is 10.7. The van der Waals surface area contributed by atoms with Gasteiger partial charge in [0.05, 0.1) is 0 Å². The zero-order valence-corrected chi connectivity index (χ0v) is 10.6. The Bertz CT molecular complexity index is 502. The van der Waals surface area contributed by atoms with Crippen LogP contribution in [0, 0.1) is 0 Å². The van der Waals surface area contributed by atoms with Crippen LogP contribution in [0.1, 0.15) is 11.2 Å². The van der Waals surface area contributed by atoms with Crippen LogP contribution in [0.2, 0.25) is 0 Å². The lowest BCUT2D eigenvalue weighted by Gasteiger charge is -2.20. The summed E-state index contributed by atoms with van der Waals surface area (Å²) in [5.74, 6) is 0. The summed E-state index contributed by atoms with van der Waals surface area (Å²) in [5.41, 5.74) is 2.06. The van der Waals surface area contributed by atoms with Crippen LogP contribution < -0.4 is 5.30 Å². The van der Waals surface area contributed by atoms with Gasteiger partial charge in [-0.1, -0.05) is 80.7 Å². The summed E-state index contributed by atoms with van der Waals surface area (Å²) >= 11 is 0. The van der Waals surface area contributed by atoms with Crippen molar-refractivity contribution in [2.75, 3.05) is 6.16 Å². The van der Waals surface area contributed by atoms with Crippen molar-refractivity contribution in [3.8, 4) is 0 Å². The summed E-state index contributed by atoms with van der Waals surface area (Å²) in [4.78, 5) is 0. The van der Waals surface area contributed by atoms with E-state index in [2.05, 4.69) is 72.8 Å². The molecule has 1 aliphatic rings. The van der Waals surface area contributed by atoms with Crippen molar-refractivity contribution in [1.29, 1.82) is 0 Å². The van der Waals surface area contributed by atoms with Gasteiger partial charge in [-0.3, -0.25) is 0 Å². The van der Waals surface area contributed by atoms with Gasteiger partial charge in [-0.25, -0.2) is 0 Å². The molecule has 0 fully saturated rings. The molecule has 17 heavy (non-hydrogen) atoms. The minimum atomic E-state index is -0.0910. The van der Waals surface area contributed by atoms with Gasteiger partial charge in [0.25, 0.3) is 0 Å². The molecular weight excluding hydrogens is 223 g/mol. The van der Waals surface area contributed by atoms with Crippen molar-refractivity contribution in [2.45, 2.75) is 5.66 Å². The smallest absolute Gasteiger partial charge is 0.0264 e. The van der Waals surface area contributed by atoms with Crippen LogP contribution in [0.5, 0.6) is 0 Å². The monoisotopic (exact) mass is 238 g/mol. The first-order chi connectivity index (χ1) is 8.45. The van der Waals surface area contributed by atoms with E-state index in [1.165, 1.54) is 17.0 Å². The van der Waals surface area contributed by atoms with Crippen LogP contribution in [0.4, 0.5) is 0 Å². The minimum Gasteiger partial charge on any atom is -0.0829 e. The lowest BCUT2D eigenvalue weighted by atomic mass is 10.1. The van der Waals surface area contributed by atoms with E-state index >= 15 is 0 Å². The predicted octanol–water partition coefficient (Wildman–Crippen LogP) is 4.10. The normalized spacial score (nSPS) is 22.8. The van der Waals surface area contributed by atoms with Crippen LogP contribution >= 0.6 is 7.92 Å². The van der Waals surface area contributed by atoms with E-state index in [-0.39, 0.29) is 7.92 Å². The molecule has 2 unspecified atom stereocenters. The largest absolute Gasteiger partial charge is 0.0829 e. The van der Waals surface area contributed by atoms with Gasteiger partial charge < -0.3 is 0 Å². The molecule has 0 radical (unpaired) electrons. The molecule has 1 aliphatic heterocycles. The van der Waals surface area contributed by atoms with Crippen molar-refractivity contribution in [2.24, 2.45) is 0 Å². The lowest BCUT2D eigenvalue weighted by Crippen LogP contribution is -2.04. The molecule has 84 valence electrons. The Morgan fingerprint density at radius 1 is 0.824 bits per heavy atom. The second kappa shape index (κ2) is 4.85. The summed E-state index contributed by atoms with van der Waals surface area (Å²) in [6.45, 7) is 0. The van der Waals surface area contributed by atoms with E-state index in [0.29, 0.717) is 5.66 Å². The SMILES string of the molecule is C1=CC(c2ccccc2)P(c2ccccc2)C1. The average molecular weight is 238 g/mol. The number of benzene rings is 2. The van der Waals surface area contributed by atoms with Gasteiger partial charge in [0, 0.05) is 5.66 Å². The molecule has 0 bridgehead atoms. The molecule has 0 aliphatic carbocycles. The number of rotatable bonds is 2. The van der Waals surface area contributed by atoms with Gasteiger partial charge >= 0.3 is 0 Å². The lowest BCUT2D eigenvalue weighted by molar-refractivity contribution is 1.23. The Hall–Kier alpha value is -1.39. The van der Waals surface area contributed by atoms with Gasteiger partial charge in [-0.2, -0.15) is 0 Å². The fraction of sp³-hybridized carbons (Fsp3) is 0.125. The number of allylic oxidation sites excluding steroid dienone is 2. The molecule has 0 saturated carbocycles. The Labute approximate surface area is 104 Å². The first-order valence-corrected chi connectivity index (χ1v) is 7.58. The molecule has 1 heterocycles. The molecule has 2 atom stereocenters. The van der Waals surface area contributed by atoms with Crippen LogP contribution in [0.25, 0.3) is 0 Å². The van der Waals surface area contributed by atoms with Gasteiger partial charge in [0.2, 0.25) is 0 Å². The van der Waals surface area contributed by atoms with Crippen LogP contribution in [-0.2, 0) is 0 Å². The molecule has 0 spiro atoms. The molecule has 0 aromatic heterocycles. The zero-order chi connectivity index (χ0) is 11.5. The Balaban J connectivity index is 1.93. The van der Waals surface area contributed by atoms with Crippen LogP contribution in [0.15, 0.2) is 72.8 Å². The molecule has 2 aromatic carbocycles. The Kier molecular flexibility index (Phi) is 3.07. The van der Waals surface area contributed by atoms with E-state index < -0.39 is 0 Å². The van der Waals surface area contributed by atoms with Gasteiger partial charge in [-0.05, 0) is 17.0 Å². The molecule has 3 rings (SSSR count). The second-order valence-electron chi connectivity index (χ2n) is 4.27. The average Bonchev–Trinajstić information content (AvgIpc) is 2.90. The molecule has 1 heteroatoms. The van der Waals surface area contributed by atoms with E-state index in [4.69, 9.17) is 0 Å². The van der Waals surface area contributed by atoms with Gasteiger partial charge in [0.15, 0.2) is 0 Å². The maximum Gasteiger partial charge on any atom is 0.0264 e. The molecule has 2 aromatic rings. The van der Waals surface area contributed by atoms with Crippen molar-refractivity contribution in [1.82, 2.24) is 0 Å². The van der Waals surface area contributed by atoms with Crippen molar-refractivity contribution < 1.29 is 0 Å². The minimum absolute atomic E-state index is 0.0910. The number of hydrogen-bond donors (Lipinski definition) is 0. The highest BCUT2D eigenvalue weighted by Crippen LogP contribution is 2.54. The van der Waals surface area contributed by atoms with E-state index in [9.17, 15) is 0 Å². The summed E-state index contributed by atoms with van der Waals surface area (Å²) in [6, 6.07) is 21.8. The first-order valence-electron chi connectivity index (χ1n) is 5.98. The maximum atomic E-state index is 2.38. The van der Waals surface area contributed by atoms with Crippen molar-refractivity contribution >= 4 is 13.2 Å². The Morgan fingerprint density at radius 2 is 1.47 bits per heavy atom. The standard InChI is InChI=1S/C16H15P/c1-3-8-14(9-4-1)16-12-7-13-17(16)15-10-5-2-6-11-15/h1-12,16H,13H2.